The van der Waals surface area contributed by atoms with Gasteiger partial charge in [0.1, 0.15) is 11.8 Å². The number of nitriles is 1. The summed E-state index contributed by atoms with van der Waals surface area (Å²) in [5.74, 6) is 1.22. The third-order valence-corrected chi connectivity index (χ3v) is 3.50. The molecule has 1 aromatic rings. The Kier molecular flexibility index (Phi) is 5.83. The molecule has 2 unspecified atom stereocenters. The molecule has 0 saturated carbocycles. The molecular formula is C13H18N2O2S. The first-order valence-corrected chi connectivity index (χ1v) is 7.40. The van der Waals surface area contributed by atoms with Crippen LogP contribution in [0.2, 0.25) is 0 Å². The van der Waals surface area contributed by atoms with E-state index in [2.05, 4.69) is 11.4 Å². The molecule has 0 aromatic heterocycles. The molecule has 5 heteroatoms. The second-order valence-corrected chi connectivity index (χ2v) is 5.65. The van der Waals surface area contributed by atoms with Gasteiger partial charge in [-0.1, -0.05) is 6.07 Å². The average molecular weight is 266 g/mol. The highest BCUT2D eigenvalue weighted by molar-refractivity contribution is 7.84. The Morgan fingerprint density at radius 2 is 2.28 bits per heavy atom. The molecule has 4 nitrogen and oxygen atoms in total. The predicted molar refractivity (Wildman–Crippen MR) is 72.9 cm³/mol. The van der Waals surface area contributed by atoms with Crippen LogP contribution in [0.3, 0.4) is 0 Å². The second kappa shape index (κ2) is 7.14. The van der Waals surface area contributed by atoms with Crippen molar-refractivity contribution >= 4 is 10.8 Å². The van der Waals surface area contributed by atoms with Crippen LogP contribution < -0.4 is 10.1 Å². The number of rotatable bonds is 6. The maximum atomic E-state index is 11.1. The Labute approximate surface area is 110 Å². The van der Waals surface area contributed by atoms with Crippen LogP contribution in [0.1, 0.15) is 18.1 Å². The zero-order valence-electron chi connectivity index (χ0n) is 10.9. The Morgan fingerprint density at radius 1 is 1.56 bits per heavy atom. The summed E-state index contributed by atoms with van der Waals surface area (Å²) in [6.45, 7) is 2.67. The maximum absolute atomic E-state index is 11.1. The molecule has 0 spiro atoms. The number of hydrogen-bond acceptors (Lipinski definition) is 4. The molecule has 0 saturated heterocycles. The van der Waals surface area contributed by atoms with Crippen molar-refractivity contribution in [1.82, 2.24) is 5.32 Å². The zero-order chi connectivity index (χ0) is 13.5. The summed E-state index contributed by atoms with van der Waals surface area (Å²) in [5, 5.41) is 12.2. The first-order chi connectivity index (χ1) is 8.56. The van der Waals surface area contributed by atoms with E-state index in [9.17, 15) is 4.21 Å². The minimum absolute atomic E-state index is 0.192. The van der Waals surface area contributed by atoms with E-state index in [1.807, 2.05) is 19.1 Å². The van der Waals surface area contributed by atoms with Gasteiger partial charge < -0.3 is 10.1 Å². The quantitative estimate of drug-likeness (QED) is 0.846. The highest BCUT2D eigenvalue weighted by atomic mass is 32.2. The number of nitrogens with zero attached hydrogens (tertiary/aromatic N) is 1. The number of ether oxygens (including phenoxy) is 1. The van der Waals surface area contributed by atoms with Gasteiger partial charge in [-0.15, -0.1) is 0 Å². The summed E-state index contributed by atoms with van der Waals surface area (Å²) in [6.07, 6.45) is 1.70. The molecule has 98 valence electrons. The summed E-state index contributed by atoms with van der Waals surface area (Å²) < 4.78 is 16.2. The van der Waals surface area contributed by atoms with Crippen LogP contribution in [0.5, 0.6) is 5.75 Å². The van der Waals surface area contributed by atoms with Crippen LogP contribution in [0, 0.1) is 11.3 Å². The summed E-state index contributed by atoms with van der Waals surface area (Å²) >= 11 is 0. The Morgan fingerprint density at radius 3 is 2.83 bits per heavy atom. The van der Waals surface area contributed by atoms with E-state index in [0.29, 0.717) is 23.6 Å². The first-order valence-electron chi connectivity index (χ1n) is 5.67. The summed E-state index contributed by atoms with van der Waals surface area (Å²) in [4.78, 5) is 0. The molecule has 0 heterocycles. The van der Waals surface area contributed by atoms with Crippen molar-refractivity contribution in [1.29, 1.82) is 5.26 Å². The number of hydrogen-bond donors (Lipinski definition) is 1. The lowest BCUT2D eigenvalue weighted by Crippen LogP contribution is -2.30. The van der Waals surface area contributed by atoms with E-state index in [1.54, 1.807) is 19.4 Å². The van der Waals surface area contributed by atoms with Gasteiger partial charge in [0.15, 0.2) is 0 Å². The molecule has 0 aliphatic carbocycles. The molecule has 1 rings (SSSR count). The normalized spacial score (nSPS) is 13.7. The van der Waals surface area contributed by atoms with Crippen molar-refractivity contribution in [3.05, 3.63) is 29.3 Å². The standard InChI is InChI=1S/C13H18N2O2S/c1-10(9-18(3)16)15-8-11-4-5-12(7-14)13(6-11)17-2/h4-6,10,15H,8-9H2,1-3H3. The van der Waals surface area contributed by atoms with E-state index in [4.69, 9.17) is 10.00 Å². The SMILES string of the molecule is COc1cc(CNC(C)CS(C)=O)ccc1C#N. The fourth-order valence-corrected chi connectivity index (χ4v) is 2.46. The summed E-state index contributed by atoms with van der Waals surface area (Å²) in [7, 11) is 0.757. The number of methoxy groups -OCH3 is 1. The van der Waals surface area contributed by atoms with Crippen LogP contribution in [0.25, 0.3) is 0 Å². The van der Waals surface area contributed by atoms with E-state index >= 15 is 0 Å². The van der Waals surface area contributed by atoms with Gasteiger partial charge >= 0.3 is 0 Å². The molecule has 0 aliphatic rings. The monoisotopic (exact) mass is 266 g/mol. The molecule has 0 fully saturated rings. The van der Waals surface area contributed by atoms with Gasteiger partial charge in [-0.25, -0.2) is 0 Å². The van der Waals surface area contributed by atoms with E-state index in [-0.39, 0.29) is 6.04 Å². The summed E-state index contributed by atoms with van der Waals surface area (Å²) in [5.41, 5.74) is 1.57. The van der Waals surface area contributed by atoms with Crippen LogP contribution in [-0.2, 0) is 17.3 Å². The summed E-state index contributed by atoms with van der Waals surface area (Å²) in [6, 6.07) is 7.76. The number of nitrogens with one attached hydrogen (secondary N) is 1. The smallest absolute Gasteiger partial charge is 0.136 e. The largest absolute Gasteiger partial charge is 0.495 e. The molecule has 1 aromatic carbocycles. The van der Waals surface area contributed by atoms with E-state index < -0.39 is 10.8 Å². The topological polar surface area (TPSA) is 62.1 Å². The fourth-order valence-electron chi connectivity index (χ4n) is 1.64. The van der Waals surface area contributed by atoms with Crippen molar-refractivity contribution in [2.45, 2.75) is 19.5 Å². The highest BCUT2D eigenvalue weighted by Gasteiger charge is 2.06. The maximum Gasteiger partial charge on any atom is 0.136 e. The molecule has 0 bridgehead atoms. The van der Waals surface area contributed by atoms with E-state index in [1.165, 1.54) is 0 Å². The lowest BCUT2D eigenvalue weighted by Gasteiger charge is -2.13. The zero-order valence-corrected chi connectivity index (χ0v) is 11.7. The van der Waals surface area contributed by atoms with E-state index in [0.717, 1.165) is 5.56 Å². The van der Waals surface area contributed by atoms with Gasteiger partial charge in [-0.05, 0) is 24.6 Å². The van der Waals surface area contributed by atoms with Crippen LogP contribution >= 0.6 is 0 Å². The van der Waals surface area contributed by atoms with Crippen LogP contribution in [0.4, 0.5) is 0 Å². The molecule has 0 radical (unpaired) electrons. The Hall–Kier alpha value is -1.38. The Balaban J connectivity index is 2.63. The first kappa shape index (κ1) is 14.7. The molecule has 0 amide bonds. The minimum atomic E-state index is -0.795. The molecule has 2 atom stereocenters. The Bertz CT molecular complexity index is 469. The van der Waals surface area contributed by atoms with Crippen molar-refractivity contribution < 1.29 is 8.95 Å². The highest BCUT2D eigenvalue weighted by Crippen LogP contribution is 2.19. The van der Waals surface area contributed by atoms with Gasteiger partial charge in [-0.3, -0.25) is 4.21 Å². The third kappa shape index (κ3) is 4.47. The van der Waals surface area contributed by atoms with Crippen molar-refractivity contribution in [2.75, 3.05) is 19.1 Å². The van der Waals surface area contributed by atoms with Crippen molar-refractivity contribution in [2.24, 2.45) is 0 Å². The van der Waals surface area contributed by atoms with Gasteiger partial charge in [0.25, 0.3) is 0 Å². The van der Waals surface area contributed by atoms with Crippen LogP contribution in [0.15, 0.2) is 18.2 Å². The van der Waals surface area contributed by atoms with Gasteiger partial charge in [-0.2, -0.15) is 5.26 Å². The molecule has 1 N–H and O–H groups in total. The third-order valence-electron chi connectivity index (χ3n) is 2.53. The van der Waals surface area contributed by atoms with Crippen molar-refractivity contribution in [3.63, 3.8) is 0 Å². The lowest BCUT2D eigenvalue weighted by atomic mass is 10.1. The molecule has 18 heavy (non-hydrogen) atoms. The van der Waals surface area contributed by atoms with Crippen LogP contribution in [-0.4, -0.2) is 29.4 Å². The average Bonchev–Trinajstić information content (AvgIpc) is 2.35. The van der Waals surface area contributed by atoms with Gasteiger partial charge in [0, 0.05) is 35.4 Å². The fraction of sp³-hybridized carbons (Fsp3) is 0.462. The molecular weight excluding hydrogens is 248 g/mol. The number of benzene rings is 1. The lowest BCUT2D eigenvalue weighted by molar-refractivity contribution is 0.412. The van der Waals surface area contributed by atoms with Crippen molar-refractivity contribution in [3.8, 4) is 11.8 Å². The molecule has 0 aliphatic heterocycles. The van der Waals surface area contributed by atoms with Gasteiger partial charge in [0.2, 0.25) is 0 Å². The minimum Gasteiger partial charge on any atom is -0.495 e. The second-order valence-electron chi connectivity index (χ2n) is 4.17. The predicted octanol–water partition coefficient (Wildman–Crippen LogP) is 1.42. The van der Waals surface area contributed by atoms with Gasteiger partial charge in [0.05, 0.1) is 12.7 Å².